The number of hydrogen-bond donors (Lipinski definition) is 0. The molecule has 2 aromatic rings. The van der Waals surface area contributed by atoms with Crippen LogP contribution in [0.5, 0.6) is 0 Å². The molecule has 17 heavy (non-hydrogen) atoms. The lowest BCUT2D eigenvalue weighted by Crippen LogP contribution is -2.02. The number of amides is 1. The van der Waals surface area contributed by atoms with Crippen LogP contribution in [-0.4, -0.2) is 16.4 Å². The van der Waals surface area contributed by atoms with Gasteiger partial charge in [0, 0.05) is 17.2 Å². The fourth-order valence-corrected chi connectivity index (χ4v) is 3.64. The fraction of sp³-hybridized carbons (Fsp3) is 0.0833. The molecule has 0 spiro atoms. The van der Waals surface area contributed by atoms with Crippen molar-refractivity contribution in [2.24, 2.45) is 4.36 Å². The zero-order chi connectivity index (χ0) is 12.3. The van der Waals surface area contributed by atoms with E-state index in [0.29, 0.717) is 10.5 Å². The first-order chi connectivity index (χ1) is 8.09. The lowest BCUT2D eigenvalue weighted by Gasteiger charge is -2.00. The standard InChI is InChI=1S/C12H11NO2S2/c1-17(15,11-7-8-16-9-11)13-12(14)10-5-3-2-4-6-10/h2-9H,1H3/t17-/m0/s1. The Morgan fingerprint density at radius 1 is 1.24 bits per heavy atom. The van der Waals surface area contributed by atoms with E-state index in [1.165, 1.54) is 17.6 Å². The van der Waals surface area contributed by atoms with E-state index >= 15 is 0 Å². The van der Waals surface area contributed by atoms with Gasteiger partial charge in [0.2, 0.25) is 0 Å². The minimum Gasteiger partial charge on any atom is -0.266 e. The van der Waals surface area contributed by atoms with E-state index in [4.69, 9.17) is 0 Å². The average molecular weight is 265 g/mol. The van der Waals surface area contributed by atoms with Crippen LogP contribution in [-0.2, 0) is 9.73 Å². The summed E-state index contributed by atoms with van der Waals surface area (Å²) < 4.78 is 16.1. The molecule has 1 heterocycles. The molecule has 3 nitrogen and oxygen atoms in total. The van der Waals surface area contributed by atoms with Gasteiger partial charge in [0.15, 0.2) is 0 Å². The van der Waals surface area contributed by atoms with Crippen molar-refractivity contribution in [2.75, 3.05) is 6.26 Å². The summed E-state index contributed by atoms with van der Waals surface area (Å²) >= 11 is 1.44. The third-order valence-electron chi connectivity index (χ3n) is 2.21. The zero-order valence-electron chi connectivity index (χ0n) is 9.20. The van der Waals surface area contributed by atoms with E-state index in [-0.39, 0.29) is 0 Å². The first-order valence-corrected chi connectivity index (χ1v) is 7.80. The van der Waals surface area contributed by atoms with Gasteiger partial charge in [-0.15, -0.1) is 0 Å². The third-order valence-corrected chi connectivity index (χ3v) is 4.69. The molecular formula is C12H11NO2S2. The summed E-state index contributed by atoms with van der Waals surface area (Å²) in [4.78, 5) is 12.4. The van der Waals surface area contributed by atoms with Crippen molar-refractivity contribution in [3.63, 3.8) is 0 Å². The van der Waals surface area contributed by atoms with Crippen LogP contribution in [0.15, 0.2) is 56.4 Å². The second-order valence-corrected chi connectivity index (χ2v) is 6.56. The van der Waals surface area contributed by atoms with E-state index in [1.807, 2.05) is 11.4 Å². The van der Waals surface area contributed by atoms with E-state index in [1.54, 1.807) is 35.7 Å². The van der Waals surface area contributed by atoms with Gasteiger partial charge in [-0.2, -0.15) is 15.7 Å². The maximum Gasteiger partial charge on any atom is 0.285 e. The van der Waals surface area contributed by atoms with Crippen LogP contribution < -0.4 is 0 Å². The van der Waals surface area contributed by atoms with Gasteiger partial charge in [0.05, 0.1) is 14.6 Å². The maximum absolute atomic E-state index is 12.3. The summed E-state index contributed by atoms with van der Waals surface area (Å²) in [6, 6.07) is 10.4. The molecule has 0 aliphatic carbocycles. The highest BCUT2D eigenvalue weighted by Crippen LogP contribution is 2.16. The van der Waals surface area contributed by atoms with Gasteiger partial charge in [0.1, 0.15) is 0 Å². The smallest absolute Gasteiger partial charge is 0.266 e. The highest BCUT2D eigenvalue weighted by atomic mass is 32.2. The summed E-state index contributed by atoms with van der Waals surface area (Å²) in [5.74, 6) is -0.440. The van der Waals surface area contributed by atoms with Crippen LogP contribution in [0.25, 0.3) is 0 Å². The maximum atomic E-state index is 12.3. The SMILES string of the molecule is C[S@@](=O)(=NC(=O)c1ccccc1)c1ccsc1. The number of nitrogens with zero attached hydrogens (tertiary/aromatic N) is 1. The second-order valence-electron chi connectivity index (χ2n) is 3.52. The summed E-state index contributed by atoms with van der Waals surface area (Å²) in [7, 11) is -2.63. The van der Waals surface area contributed by atoms with Crippen LogP contribution in [0.4, 0.5) is 0 Å². The van der Waals surface area contributed by atoms with E-state index in [0.717, 1.165) is 0 Å². The molecule has 1 atom stereocenters. The molecule has 1 aromatic heterocycles. The topological polar surface area (TPSA) is 46.5 Å². The highest BCUT2D eigenvalue weighted by molar-refractivity contribution is 7.93. The molecule has 88 valence electrons. The van der Waals surface area contributed by atoms with Crippen LogP contribution >= 0.6 is 11.3 Å². The molecule has 5 heteroatoms. The Labute approximate surface area is 104 Å². The van der Waals surface area contributed by atoms with Gasteiger partial charge in [-0.1, -0.05) is 18.2 Å². The van der Waals surface area contributed by atoms with Crippen molar-refractivity contribution in [2.45, 2.75) is 4.90 Å². The molecule has 1 amide bonds. The summed E-state index contributed by atoms with van der Waals surface area (Å²) in [6.07, 6.45) is 1.48. The van der Waals surface area contributed by atoms with Gasteiger partial charge < -0.3 is 0 Å². The lowest BCUT2D eigenvalue weighted by atomic mass is 10.2. The molecule has 0 aliphatic rings. The predicted octanol–water partition coefficient (Wildman–Crippen LogP) is 3.05. The number of benzene rings is 1. The number of carbonyl (C=O) groups is 1. The van der Waals surface area contributed by atoms with Gasteiger partial charge in [0.25, 0.3) is 5.91 Å². The van der Waals surface area contributed by atoms with Crippen molar-refractivity contribution in [1.29, 1.82) is 0 Å². The summed E-state index contributed by atoms with van der Waals surface area (Å²) in [5.41, 5.74) is 0.456. The van der Waals surface area contributed by atoms with Crippen molar-refractivity contribution >= 4 is 27.0 Å². The van der Waals surface area contributed by atoms with Crippen LogP contribution in [0, 0.1) is 0 Å². The molecule has 0 bridgehead atoms. The second kappa shape index (κ2) is 4.81. The normalized spacial score (nSPS) is 13.9. The lowest BCUT2D eigenvalue weighted by molar-refractivity contribution is 0.100. The van der Waals surface area contributed by atoms with Crippen LogP contribution in [0.3, 0.4) is 0 Å². The Kier molecular flexibility index (Phi) is 3.40. The molecule has 0 fully saturated rings. The minimum atomic E-state index is -2.63. The van der Waals surface area contributed by atoms with Crippen LogP contribution in [0.2, 0.25) is 0 Å². The Balaban J connectivity index is 2.38. The van der Waals surface area contributed by atoms with E-state index < -0.39 is 15.6 Å². The van der Waals surface area contributed by atoms with Crippen molar-refractivity contribution in [1.82, 2.24) is 0 Å². The highest BCUT2D eigenvalue weighted by Gasteiger charge is 2.10. The molecule has 0 saturated heterocycles. The summed E-state index contributed by atoms with van der Waals surface area (Å²) in [5, 5.41) is 3.57. The van der Waals surface area contributed by atoms with Crippen molar-refractivity contribution in [3.05, 3.63) is 52.7 Å². The van der Waals surface area contributed by atoms with E-state index in [9.17, 15) is 9.00 Å². The molecular weight excluding hydrogens is 254 g/mol. The van der Waals surface area contributed by atoms with Gasteiger partial charge in [-0.3, -0.25) is 4.79 Å². The molecule has 0 saturated carbocycles. The Morgan fingerprint density at radius 2 is 1.94 bits per heavy atom. The monoisotopic (exact) mass is 265 g/mol. The van der Waals surface area contributed by atoms with Crippen molar-refractivity contribution < 1.29 is 9.00 Å². The number of thiophene rings is 1. The molecule has 2 rings (SSSR count). The minimum absolute atomic E-state index is 0.440. The Morgan fingerprint density at radius 3 is 2.53 bits per heavy atom. The average Bonchev–Trinajstić information content (AvgIpc) is 2.84. The molecule has 1 aromatic carbocycles. The number of carbonyl (C=O) groups excluding carboxylic acids is 1. The van der Waals surface area contributed by atoms with Crippen LogP contribution in [0.1, 0.15) is 10.4 Å². The number of hydrogen-bond acceptors (Lipinski definition) is 3. The van der Waals surface area contributed by atoms with Gasteiger partial charge in [-0.25, -0.2) is 4.21 Å². The molecule has 0 radical (unpaired) electrons. The van der Waals surface area contributed by atoms with Gasteiger partial charge >= 0.3 is 0 Å². The first kappa shape index (κ1) is 12.0. The van der Waals surface area contributed by atoms with E-state index in [2.05, 4.69) is 4.36 Å². The molecule has 0 unspecified atom stereocenters. The zero-order valence-corrected chi connectivity index (χ0v) is 10.8. The van der Waals surface area contributed by atoms with Crippen molar-refractivity contribution in [3.8, 4) is 0 Å². The largest absolute Gasteiger partial charge is 0.285 e. The van der Waals surface area contributed by atoms with Gasteiger partial charge in [-0.05, 0) is 23.6 Å². The Hall–Kier alpha value is -1.46. The molecule has 0 aliphatic heterocycles. The predicted molar refractivity (Wildman–Crippen MR) is 69.9 cm³/mol. The summed E-state index contributed by atoms with van der Waals surface area (Å²) in [6.45, 7) is 0. The number of rotatable bonds is 2. The first-order valence-electron chi connectivity index (χ1n) is 4.93. The third kappa shape index (κ3) is 2.81. The Bertz CT molecular complexity index is 624. The quantitative estimate of drug-likeness (QED) is 0.837. The molecule has 0 N–H and O–H groups in total. The fourth-order valence-electron chi connectivity index (χ4n) is 1.31.